The van der Waals surface area contributed by atoms with Gasteiger partial charge in [-0.1, -0.05) is 24.3 Å². The zero-order chi connectivity index (χ0) is 41.0. The van der Waals surface area contributed by atoms with Crippen LogP contribution < -0.4 is 20.1 Å². The van der Waals surface area contributed by atoms with E-state index >= 15 is 0 Å². The van der Waals surface area contributed by atoms with Crippen molar-refractivity contribution in [1.82, 2.24) is 9.44 Å². The molecule has 0 unspecified atom stereocenters. The molecule has 0 atom stereocenters. The quantitative estimate of drug-likeness (QED) is 0.0635. The van der Waals surface area contributed by atoms with Crippen molar-refractivity contribution in [3.63, 3.8) is 0 Å². The molecule has 56 heavy (non-hydrogen) atoms. The second-order valence-electron chi connectivity index (χ2n) is 12.3. The number of nitrogens with one attached hydrogen (secondary N) is 4. The summed E-state index contributed by atoms with van der Waals surface area (Å²) < 4.78 is 124. The van der Waals surface area contributed by atoms with Crippen LogP contribution in [0.1, 0.15) is 11.1 Å². The number of anilines is 4. The Hall–Kier alpha value is -5.97. The van der Waals surface area contributed by atoms with Crippen LogP contribution in [0.4, 0.5) is 27.5 Å². The van der Waals surface area contributed by atoms with Crippen LogP contribution in [0.2, 0.25) is 0 Å². The first-order valence-corrected chi connectivity index (χ1v) is 21.7. The summed E-state index contributed by atoms with van der Waals surface area (Å²) >= 11 is 0. The SMILES string of the molecule is Cc1cc(Nc2ccc(O)c3cccc(S(=O)(=O)O)c23)ccc1S(=O)(=O)NC(=O)NS(=O)(=O)c1ccc(Nc2ccc(O)c3cccc(S(=O)(=O)O)c23)cc1C. The molecule has 2 amide bonds. The third-order valence-electron chi connectivity index (χ3n) is 8.46. The van der Waals surface area contributed by atoms with E-state index < -0.39 is 65.9 Å². The van der Waals surface area contributed by atoms with Gasteiger partial charge in [-0.3, -0.25) is 9.11 Å². The van der Waals surface area contributed by atoms with Gasteiger partial charge in [0.15, 0.2) is 0 Å². The minimum atomic E-state index is -4.72. The lowest BCUT2D eigenvalue weighted by atomic mass is 10.1. The van der Waals surface area contributed by atoms with Crippen molar-refractivity contribution in [2.45, 2.75) is 33.4 Å². The zero-order valence-corrected chi connectivity index (χ0v) is 32.1. The Bertz CT molecular complexity index is 2880. The fourth-order valence-corrected chi connectivity index (χ4v) is 9.89. The number of phenols is 2. The van der Waals surface area contributed by atoms with Crippen LogP contribution in [-0.4, -0.2) is 59.0 Å². The number of rotatable bonds is 10. The Balaban J connectivity index is 1.19. The highest BCUT2D eigenvalue weighted by molar-refractivity contribution is 7.91. The fraction of sp³-hybridized carbons (Fsp3) is 0.0571. The number of urea groups is 1. The van der Waals surface area contributed by atoms with Gasteiger partial charge in [-0.2, -0.15) is 16.8 Å². The van der Waals surface area contributed by atoms with Crippen LogP contribution in [0.15, 0.2) is 117 Å². The number of amides is 2. The molecule has 21 heteroatoms. The summed E-state index contributed by atoms with van der Waals surface area (Å²) in [4.78, 5) is 11.0. The molecule has 0 bridgehead atoms. The van der Waals surface area contributed by atoms with Crippen molar-refractivity contribution < 1.29 is 57.8 Å². The van der Waals surface area contributed by atoms with Crippen LogP contribution in [-0.2, 0) is 40.3 Å². The maximum Gasteiger partial charge on any atom is 0.342 e. The Morgan fingerprint density at radius 2 is 0.875 bits per heavy atom. The second-order valence-corrected chi connectivity index (χ2v) is 18.4. The van der Waals surface area contributed by atoms with Crippen molar-refractivity contribution >= 4 is 90.6 Å². The lowest BCUT2D eigenvalue weighted by Gasteiger charge is -2.16. The Morgan fingerprint density at radius 1 is 0.500 bits per heavy atom. The van der Waals surface area contributed by atoms with E-state index in [1.165, 1.54) is 86.6 Å². The average molecular weight is 843 g/mol. The van der Waals surface area contributed by atoms with E-state index in [2.05, 4.69) is 10.6 Å². The molecule has 0 saturated heterocycles. The van der Waals surface area contributed by atoms with Gasteiger partial charge in [-0.05, 0) is 97.8 Å². The molecule has 8 N–H and O–H groups in total. The molecule has 0 aliphatic rings. The zero-order valence-electron chi connectivity index (χ0n) is 28.8. The van der Waals surface area contributed by atoms with Crippen LogP contribution in [0, 0.1) is 13.8 Å². The molecule has 0 aliphatic carbocycles. The Morgan fingerprint density at radius 3 is 1.21 bits per heavy atom. The van der Waals surface area contributed by atoms with Gasteiger partial charge in [0.2, 0.25) is 0 Å². The first kappa shape index (κ1) is 39.7. The van der Waals surface area contributed by atoms with Crippen molar-refractivity contribution in [1.29, 1.82) is 0 Å². The lowest BCUT2D eigenvalue weighted by molar-refractivity contribution is 0.250. The highest BCUT2D eigenvalue weighted by Crippen LogP contribution is 2.39. The number of carbonyl (C=O) groups is 1. The molecule has 0 heterocycles. The summed E-state index contributed by atoms with van der Waals surface area (Å²) in [5.41, 5.74) is 0.944. The third-order valence-corrected chi connectivity index (χ3v) is 13.2. The normalized spacial score (nSPS) is 12.4. The monoisotopic (exact) mass is 842 g/mol. The predicted octanol–water partition coefficient (Wildman–Crippen LogP) is 5.38. The average Bonchev–Trinajstić information content (AvgIpc) is 3.09. The molecule has 0 saturated carbocycles. The smallest absolute Gasteiger partial charge is 0.342 e. The molecule has 6 aromatic carbocycles. The number of aryl methyl sites for hydroxylation is 2. The van der Waals surface area contributed by atoms with E-state index in [0.29, 0.717) is 0 Å². The van der Waals surface area contributed by atoms with Crippen molar-refractivity contribution in [2.75, 3.05) is 10.6 Å². The number of hydrogen-bond donors (Lipinski definition) is 8. The van der Waals surface area contributed by atoms with Crippen LogP contribution in [0.5, 0.6) is 11.5 Å². The molecule has 0 aliphatic heterocycles. The Kier molecular flexibility index (Phi) is 10.1. The minimum absolute atomic E-state index is 0.0368. The first-order chi connectivity index (χ1) is 26.1. The standard InChI is InChI=1S/C35H30N4O13S4/c1-19-17-21(36-25-11-13-27(40)23-5-3-7-31(33(23)25)55(47,48)49)9-15-29(19)53(43,44)38-35(42)39-54(45,46)30-16-10-22(18-20(30)2)37-26-12-14-28(41)24-6-4-8-32(34(24)26)56(50,51)52/h3-18,36-37,40-41H,1-2H3,(H2,38,39,42)(H,47,48,49)(H,50,51,52). The van der Waals surface area contributed by atoms with Crippen molar-refractivity contribution in [3.05, 3.63) is 108 Å². The van der Waals surface area contributed by atoms with Gasteiger partial charge >= 0.3 is 6.03 Å². The second kappa shape index (κ2) is 14.3. The van der Waals surface area contributed by atoms with E-state index in [9.17, 15) is 57.8 Å². The fourth-order valence-electron chi connectivity index (χ4n) is 6.10. The molecule has 17 nitrogen and oxygen atoms in total. The topological polar surface area (TPSA) is 283 Å². The van der Waals surface area contributed by atoms with E-state index in [-0.39, 0.29) is 66.9 Å². The molecular formula is C35H30N4O13S4. The minimum Gasteiger partial charge on any atom is -0.507 e. The summed E-state index contributed by atoms with van der Waals surface area (Å²) in [6.45, 7) is 2.77. The van der Waals surface area contributed by atoms with Crippen molar-refractivity contribution in [3.8, 4) is 11.5 Å². The number of aromatic hydroxyl groups is 2. The first-order valence-electron chi connectivity index (χ1n) is 15.9. The molecule has 0 aromatic heterocycles. The molecule has 6 aromatic rings. The highest BCUT2D eigenvalue weighted by atomic mass is 32.2. The number of phenolic OH excluding ortho intramolecular Hbond substituents is 2. The number of hydrogen-bond acceptors (Lipinski definition) is 13. The van der Waals surface area contributed by atoms with E-state index in [1.54, 1.807) is 9.44 Å². The van der Waals surface area contributed by atoms with Gasteiger partial charge in [-0.25, -0.2) is 31.1 Å². The third kappa shape index (κ3) is 7.89. The number of benzene rings is 6. The van der Waals surface area contributed by atoms with Crippen molar-refractivity contribution in [2.24, 2.45) is 0 Å². The van der Waals surface area contributed by atoms with Crippen LogP contribution >= 0.6 is 0 Å². The molecule has 0 fully saturated rings. The summed E-state index contributed by atoms with van der Waals surface area (Å²) in [5, 5.41) is 26.6. The number of fused-ring (bicyclic) bond motifs is 2. The van der Waals surface area contributed by atoms with E-state index in [1.807, 2.05) is 0 Å². The maximum atomic E-state index is 13.2. The number of carbonyl (C=O) groups excluding carboxylic acids is 1. The van der Waals surface area contributed by atoms with Gasteiger partial charge in [0, 0.05) is 44.3 Å². The van der Waals surface area contributed by atoms with E-state index in [4.69, 9.17) is 0 Å². The predicted molar refractivity (Wildman–Crippen MR) is 206 cm³/mol. The van der Waals surface area contributed by atoms with Gasteiger partial charge in [0.05, 0.1) is 9.79 Å². The molecule has 6 rings (SSSR count). The summed E-state index contributed by atoms with van der Waals surface area (Å²) in [6.07, 6.45) is 0. The molecular weight excluding hydrogens is 813 g/mol. The number of sulfonamides is 2. The summed E-state index contributed by atoms with van der Waals surface area (Å²) in [6, 6.07) is 19.0. The Labute approximate surface area is 320 Å². The summed E-state index contributed by atoms with van der Waals surface area (Å²) in [7, 11) is -18.8. The van der Waals surface area contributed by atoms with Gasteiger partial charge in [-0.15, -0.1) is 0 Å². The largest absolute Gasteiger partial charge is 0.507 e. The lowest BCUT2D eigenvalue weighted by Crippen LogP contribution is -2.42. The summed E-state index contributed by atoms with van der Waals surface area (Å²) in [5.74, 6) is -0.523. The van der Waals surface area contributed by atoms with Gasteiger partial charge in [0.1, 0.15) is 21.3 Å². The molecule has 292 valence electrons. The van der Waals surface area contributed by atoms with E-state index in [0.717, 1.165) is 24.3 Å². The highest BCUT2D eigenvalue weighted by Gasteiger charge is 2.26. The molecule has 0 radical (unpaired) electrons. The maximum absolute atomic E-state index is 13.2. The van der Waals surface area contributed by atoms with Crippen LogP contribution in [0.3, 0.4) is 0 Å². The van der Waals surface area contributed by atoms with Gasteiger partial charge in [0.25, 0.3) is 40.3 Å². The van der Waals surface area contributed by atoms with Crippen LogP contribution in [0.25, 0.3) is 21.5 Å². The van der Waals surface area contributed by atoms with Gasteiger partial charge < -0.3 is 20.8 Å². The molecule has 0 spiro atoms.